The van der Waals surface area contributed by atoms with E-state index in [2.05, 4.69) is 20.8 Å². The summed E-state index contributed by atoms with van der Waals surface area (Å²) in [4.78, 5) is 31.9. The third kappa shape index (κ3) is 78.6. The van der Waals surface area contributed by atoms with Crippen LogP contribution >= 0.6 is 0 Å². The highest BCUT2D eigenvalue weighted by Gasteiger charge is 2.20. The number of carboxylic acids is 3. The Morgan fingerprint density at radius 3 is 0.597 bits per heavy atom. The maximum absolute atomic E-state index is 11.2. The Balaban J connectivity index is -0.00000107. The van der Waals surface area contributed by atoms with Crippen LogP contribution in [0.15, 0.2) is 0 Å². The molecule has 8 heteroatoms. The number of aliphatic carboxylic acids is 3. The Kier molecular flexibility index (Phi) is 74.7. The molecule has 0 aliphatic carbocycles. The summed E-state index contributed by atoms with van der Waals surface area (Å²) in [6.07, 6.45) is 75.9. The fraction of sp³-hybridized carbons (Fsp3) is 0.957. The molecule has 2 atom stereocenters. The van der Waals surface area contributed by atoms with Crippen LogP contribution in [0.3, 0.4) is 0 Å². The largest absolute Gasteiger partial charge is 0.481 e. The summed E-state index contributed by atoms with van der Waals surface area (Å²) in [5.74, 6) is -2.69. The van der Waals surface area contributed by atoms with E-state index in [4.69, 9.17) is 20.4 Å². The summed E-state index contributed by atoms with van der Waals surface area (Å²) in [6.45, 7) is 6.48. The van der Waals surface area contributed by atoms with Crippen LogP contribution in [-0.4, -0.2) is 56.2 Å². The molecule has 0 saturated heterocycles. The fourth-order valence-corrected chi connectivity index (χ4v) is 10.7. The van der Waals surface area contributed by atoms with Crippen LogP contribution in [-0.2, 0) is 14.4 Å². The zero-order chi connectivity index (χ0) is 57.0. The predicted molar refractivity (Wildman–Crippen MR) is 334 cm³/mol. The first-order valence-corrected chi connectivity index (χ1v) is 34.6. The van der Waals surface area contributed by atoms with Crippen molar-refractivity contribution in [3.8, 4) is 0 Å². The minimum atomic E-state index is -0.911. The van der Waals surface area contributed by atoms with Gasteiger partial charge in [-0.05, 0) is 25.7 Å². The van der Waals surface area contributed by atoms with Gasteiger partial charge in [0.15, 0.2) is 0 Å². The fourth-order valence-electron chi connectivity index (χ4n) is 10.7. The SMILES string of the molecule is CCCCCCCCCCCCCCCCCCCCC(CC(O)CO)C(=O)O.CCCCCCCCCCCCCCCCCCCCCC(=O)O.CCCCCCCCCCCCCCCCCCCCCC(=O)O. The number of carboxylic acid groups (broad SMARTS) is 3. The normalized spacial score (nSPS) is 12.0. The van der Waals surface area contributed by atoms with Crippen molar-refractivity contribution in [2.75, 3.05) is 6.61 Å². The quantitative estimate of drug-likeness (QED) is 0.0378. The third-order valence-corrected chi connectivity index (χ3v) is 16.0. The molecule has 0 rings (SSSR count). The number of unbranched alkanes of at least 4 members (excludes halogenated alkanes) is 53. The third-order valence-electron chi connectivity index (χ3n) is 16.0. The van der Waals surface area contributed by atoms with Crippen LogP contribution in [0.25, 0.3) is 0 Å². The molecule has 0 spiro atoms. The Morgan fingerprint density at radius 1 is 0.273 bits per heavy atom. The number of carbonyl (C=O) groups is 3. The van der Waals surface area contributed by atoms with Crippen LogP contribution in [0.4, 0.5) is 0 Å². The molecule has 462 valence electrons. The Labute approximate surface area is 480 Å². The van der Waals surface area contributed by atoms with E-state index >= 15 is 0 Å². The first kappa shape index (κ1) is 79.6. The smallest absolute Gasteiger partial charge is 0.306 e. The summed E-state index contributed by atoms with van der Waals surface area (Å²) in [5.41, 5.74) is 0. The zero-order valence-electron chi connectivity index (χ0n) is 52.2. The molecule has 0 aliphatic rings. The van der Waals surface area contributed by atoms with Crippen LogP contribution in [0.5, 0.6) is 0 Å². The summed E-state index contributed by atoms with van der Waals surface area (Å²) in [7, 11) is 0. The van der Waals surface area contributed by atoms with Crippen LogP contribution < -0.4 is 0 Å². The van der Waals surface area contributed by atoms with Gasteiger partial charge in [-0.25, -0.2) is 0 Å². The van der Waals surface area contributed by atoms with Crippen molar-refractivity contribution in [1.82, 2.24) is 0 Å². The van der Waals surface area contributed by atoms with E-state index in [0.29, 0.717) is 19.3 Å². The minimum Gasteiger partial charge on any atom is -0.481 e. The maximum atomic E-state index is 11.2. The molecule has 5 N–H and O–H groups in total. The Morgan fingerprint density at radius 2 is 0.442 bits per heavy atom. The van der Waals surface area contributed by atoms with Crippen molar-refractivity contribution in [1.29, 1.82) is 0 Å². The van der Waals surface area contributed by atoms with Crippen molar-refractivity contribution in [3.63, 3.8) is 0 Å². The van der Waals surface area contributed by atoms with Gasteiger partial charge < -0.3 is 25.5 Å². The molecular weight excluding hydrogens is 957 g/mol. The molecule has 0 aromatic carbocycles. The highest BCUT2D eigenvalue weighted by molar-refractivity contribution is 5.70. The molecule has 8 nitrogen and oxygen atoms in total. The first-order valence-electron chi connectivity index (χ1n) is 34.6. The van der Waals surface area contributed by atoms with E-state index in [1.54, 1.807) is 0 Å². The minimum absolute atomic E-state index is 0.158. The molecular formula is C69H138O8. The van der Waals surface area contributed by atoms with E-state index in [0.717, 1.165) is 38.5 Å². The van der Waals surface area contributed by atoms with E-state index in [1.807, 2.05) is 0 Å². The van der Waals surface area contributed by atoms with E-state index in [9.17, 15) is 19.5 Å². The number of hydrogen-bond donors (Lipinski definition) is 5. The summed E-state index contributed by atoms with van der Waals surface area (Å²) in [6, 6.07) is 0. The molecule has 2 unspecified atom stereocenters. The Hall–Kier alpha value is -1.67. The molecule has 77 heavy (non-hydrogen) atoms. The van der Waals surface area contributed by atoms with Crippen LogP contribution in [0, 0.1) is 5.92 Å². The second-order valence-corrected chi connectivity index (χ2v) is 23.9. The van der Waals surface area contributed by atoms with E-state index in [-0.39, 0.29) is 13.0 Å². The van der Waals surface area contributed by atoms with Gasteiger partial charge in [-0.15, -0.1) is 0 Å². The van der Waals surface area contributed by atoms with E-state index in [1.165, 1.54) is 321 Å². The van der Waals surface area contributed by atoms with Gasteiger partial charge in [0, 0.05) is 12.8 Å². The summed E-state index contributed by atoms with van der Waals surface area (Å²) in [5, 5.41) is 44.5. The second-order valence-electron chi connectivity index (χ2n) is 23.9. The van der Waals surface area contributed by atoms with Gasteiger partial charge >= 0.3 is 17.9 Å². The first-order chi connectivity index (χ1) is 37.7. The van der Waals surface area contributed by atoms with Crippen molar-refractivity contribution < 1.29 is 39.9 Å². The lowest BCUT2D eigenvalue weighted by Gasteiger charge is -2.15. The van der Waals surface area contributed by atoms with Gasteiger partial charge in [-0.2, -0.15) is 0 Å². The van der Waals surface area contributed by atoms with Crippen molar-refractivity contribution in [2.24, 2.45) is 5.92 Å². The second kappa shape index (κ2) is 72.3. The van der Waals surface area contributed by atoms with Crippen LogP contribution in [0.1, 0.15) is 406 Å². The highest BCUT2D eigenvalue weighted by Crippen LogP contribution is 2.20. The summed E-state index contributed by atoms with van der Waals surface area (Å²) < 4.78 is 0. The van der Waals surface area contributed by atoms with Gasteiger partial charge in [0.2, 0.25) is 0 Å². The van der Waals surface area contributed by atoms with E-state index < -0.39 is 29.9 Å². The van der Waals surface area contributed by atoms with Gasteiger partial charge in [-0.3, -0.25) is 14.4 Å². The lowest BCUT2D eigenvalue weighted by atomic mass is 9.94. The molecule has 0 amide bonds. The lowest BCUT2D eigenvalue weighted by molar-refractivity contribution is -0.143. The Bertz CT molecular complexity index is 1060. The number of aliphatic hydroxyl groups excluding tert-OH is 2. The predicted octanol–water partition coefficient (Wildman–Crippen LogP) is 22.6. The van der Waals surface area contributed by atoms with Crippen LogP contribution in [0.2, 0.25) is 0 Å². The summed E-state index contributed by atoms with van der Waals surface area (Å²) >= 11 is 0. The molecule has 0 aromatic rings. The maximum Gasteiger partial charge on any atom is 0.306 e. The van der Waals surface area contributed by atoms with Gasteiger partial charge in [0.25, 0.3) is 0 Å². The molecule has 0 bridgehead atoms. The molecule has 0 saturated carbocycles. The highest BCUT2D eigenvalue weighted by atomic mass is 16.4. The van der Waals surface area contributed by atoms with Gasteiger partial charge in [0.05, 0.1) is 18.6 Å². The number of rotatable bonds is 63. The average Bonchev–Trinajstić information content (AvgIpc) is 3.41. The molecule has 0 aromatic heterocycles. The molecule has 0 heterocycles. The van der Waals surface area contributed by atoms with Crippen molar-refractivity contribution >= 4 is 17.9 Å². The monoisotopic (exact) mass is 1100 g/mol. The molecule has 0 radical (unpaired) electrons. The number of aliphatic hydroxyl groups is 2. The van der Waals surface area contributed by atoms with Crippen molar-refractivity contribution in [2.45, 2.75) is 412 Å². The van der Waals surface area contributed by atoms with Gasteiger partial charge in [0.1, 0.15) is 0 Å². The zero-order valence-corrected chi connectivity index (χ0v) is 52.2. The molecule has 0 aliphatic heterocycles. The lowest BCUT2D eigenvalue weighted by Crippen LogP contribution is -2.23. The van der Waals surface area contributed by atoms with Crippen molar-refractivity contribution in [3.05, 3.63) is 0 Å². The van der Waals surface area contributed by atoms with Gasteiger partial charge in [-0.1, -0.05) is 367 Å². The topological polar surface area (TPSA) is 152 Å². The average molecular weight is 1100 g/mol. The standard InChI is InChI=1S/C25H50O4.2C22H44O2/c1-2-3-4-5-6-7-8-9-10-11-12-13-14-15-16-17-18-19-20-23(25(28)29)21-24(27)22-26;2*1-2-3-4-5-6-7-8-9-10-11-12-13-14-15-16-17-18-19-20-21-22(23)24/h23-24,26-27H,2-22H2,1H3,(H,28,29);2*2-21H2,1H3,(H,23,24). The number of hydrogen-bond acceptors (Lipinski definition) is 5. The molecule has 0 fully saturated rings.